The number of nitrogens with zero attached hydrogens (tertiary/aromatic N) is 2. The van der Waals surface area contributed by atoms with Gasteiger partial charge < -0.3 is 30.5 Å². The highest BCUT2D eigenvalue weighted by atomic mass is 16.7. The molecule has 0 radical (unpaired) electrons. The molecular weight excluding hydrogens is 604 g/mol. The van der Waals surface area contributed by atoms with Gasteiger partial charge >= 0.3 is 24.1 Å². The number of hydrogen-bond acceptors (Lipinski definition) is 8. The van der Waals surface area contributed by atoms with Gasteiger partial charge in [-0.2, -0.15) is 0 Å². The van der Waals surface area contributed by atoms with Crippen LogP contribution in [0.2, 0.25) is 0 Å². The molecule has 4 N–H and O–H groups in total. The van der Waals surface area contributed by atoms with E-state index in [9.17, 15) is 29.4 Å². The van der Waals surface area contributed by atoms with Gasteiger partial charge in [0.1, 0.15) is 0 Å². The van der Waals surface area contributed by atoms with E-state index in [-0.39, 0.29) is 24.2 Å². The Morgan fingerprint density at radius 2 is 0.979 bits per heavy atom. The number of carboxylic acids is 2. The first-order valence-corrected chi connectivity index (χ1v) is 17.7. The summed E-state index contributed by atoms with van der Waals surface area (Å²) in [6, 6.07) is 0. The summed E-state index contributed by atoms with van der Waals surface area (Å²) in [5.74, 6) is -3.56. The minimum absolute atomic E-state index is 0.0561. The monoisotopic (exact) mass is 668 g/mol. The first kappa shape index (κ1) is 40.6. The minimum atomic E-state index is -1.45. The van der Waals surface area contributed by atoms with Crippen LogP contribution in [0, 0.1) is 23.7 Å². The molecule has 0 atom stereocenters. The number of carbonyl (C=O) groups excluding carboxylic acids is 2. The maximum absolute atomic E-state index is 12.7. The van der Waals surface area contributed by atoms with Crippen molar-refractivity contribution in [2.75, 3.05) is 13.1 Å². The van der Waals surface area contributed by atoms with Crippen LogP contribution in [-0.2, 0) is 19.3 Å². The topological polar surface area (TPSA) is 158 Å². The Hall–Kier alpha value is -2.60. The Bertz CT molecular complexity index is 962. The van der Waals surface area contributed by atoms with Gasteiger partial charge in [-0.3, -0.25) is 9.59 Å². The van der Waals surface area contributed by atoms with Crippen molar-refractivity contribution in [2.24, 2.45) is 23.7 Å². The zero-order valence-electron chi connectivity index (χ0n) is 30.7. The Morgan fingerprint density at radius 1 is 0.638 bits per heavy atom. The molecule has 0 aromatic rings. The predicted octanol–water partition coefficient (Wildman–Crippen LogP) is 6.98. The van der Waals surface area contributed by atoms with Crippen LogP contribution in [0.15, 0.2) is 0 Å². The molecule has 2 heterocycles. The summed E-state index contributed by atoms with van der Waals surface area (Å²) in [5, 5.41) is 28.4. The molecule has 12 heteroatoms. The summed E-state index contributed by atoms with van der Waals surface area (Å²) in [7, 11) is 0. The second-order valence-electron chi connectivity index (χ2n) is 16.3. The molecular formula is C35H64N4O8. The van der Waals surface area contributed by atoms with Gasteiger partial charge in [-0.15, -0.1) is 10.1 Å². The SMILES string of the molecule is CCCCNC(=O)ON1C(C)(C)CC(C(CCCC(C(=O)O)C(=O)O)C2CC(C)(C)N(OC(=O)NCCCC)C(C)(C)C2)CC1(C)C. The van der Waals surface area contributed by atoms with Gasteiger partial charge in [0.05, 0.1) is 22.2 Å². The lowest BCUT2D eigenvalue weighted by Crippen LogP contribution is -2.64. The molecule has 0 aromatic carbocycles. The smallest absolute Gasteiger partial charge is 0.426 e. The fraction of sp³-hybridized carbons (Fsp3) is 0.886. The molecule has 272 valence electrons. The van der Waals surface area contributed by atoms with Gasteiger partial charge in [-0.25, -0.2) is 9.59 Å². The summed E-state index contributed by atoms with van der Waals surface area (Å²) < 4.78 is 0. The van der Waals surface area contributed by atoms with Crippen molar-refractivity contribution in [2.45, 2.75) is 162 Å². The largest absolute Gasteiger partial charge is 0.481 e. The second kappa shape index (κ2) is 16.7. The molecule has 2 amide bonds. The third-order valence-electron chi connectivity index (χ3n) is 10.0. The number of amides is 2. The molecule has 2 saturated heterocycles. The number of aliphatic carboxylic acids is 2. The molecule has 2 aliphatic rings. The maximum Gasteiger partial charge on any atom is 0.426 e. The van der Waals surface area contributed by atoms with Gasteiger partial charge in [-0.1, -0.05) is 33.1 Å². The zero-order valence-corrected chi connectivity index (χ0v) is 30.7. The standard InChI is InChI=1S/C35H64N4O8/c1-11-13-18-36-30(44)46-38-32(3,4)20-24(21-33(38,5)6)26(16-15-17-27(28(40)41)29(42)43)25-22-34(7,8)39(35(9,10)23-25)47-31(45)37-19-14-12-2/h24-27H,11-23H2,1-10H3,(H,36,44)(H,37,45)(H,40,41)(H,42,43). The number of nitrogens with one attached hydrogen (secondary N) is 2. The average Bonchev–Trinajstić information content (AvgIpc) is 2.91. The molecule has 0 saturated carbocycles. The van der Waals surface area contributed by atoms with E-state index in [1.54, 1.807) is 0 Å². The van der Waals surface area contributed by atoms with Crippen molar-refractivity contribution in [1.29, 1.82) is 0 Å². The number of rotatable bonds is 16. The van der Waals surface area contributed by atoms with E-state index in [4.69, 9.17) is 9.68 Å². The van der Waals surface area contributed by atoms with Crippen LogP contribution < -0.4 is 10.6 Å². The predicted molar refractivity (Wildman–Crippen MR) is 180 cm³/mol. The molecule has 0 spiro atoms. The number of carbonyl (C=O) groups is 4. The van der Waals surface area contributed by atoms with Gasteiger partial charge in [0.15, 0.2) is 5.92 Å². The second-order valence-corrected chi connectivity index (χ2v) is 16.3. The van der Waals surface area contributed by atoms with E-state index in [0.29, 0.717) is 25.9 Å². The fourth-order valence-electron chi connectivity index (χ4n) is 8.51. The van der Waals surface area contributed by atoms with Crippen LogP contribution in [0.4, 0.5) is 9.59 Å². The van der Waals surface area contributed by atoms with E-state index in [1.807, 2.05) is 10.1 Å². The third-order valence-corrected chi connectivity index (χ3v) is 10.0. The number of carboxylic acid groups (broad SMARTS) is 2. The average molecular weight is 669 g/mol. The number of piperidine rings is 2. The van der Waals surface area contributed by atoms with Gasteiger partial charge in [-0.05, 0) is 125 Å². The fourth-order valence-corrected chi connectivity index (χ4v) is 8.51. The molecule has 2 fully saturated rings. The van der Waals surface area contributed by atoms with Crippen molar-refractivity contribution in [3.63, 3.8) is 0 Å². The molecule has 2 aliphatic heterocycles. The van der Waals surface area contributed by atoms with Gasteiger partial charge in [0.2, 0.25) is 0 Å². The molecule has 0 unspecified atom stereocenters. The molecule has 2 rings (SSSR count). The zero-order chi connectivity index (χ0) is 35.8. The minimum Gasteiger partial charge on any atom is -0.481 e. The third kappa shape index (κ3) is 11.2. The van der Waals surface area contributed by atoms with Crippen LogP contribution in [0.1, 0.15) is 140 Å². The Morgan fingerprint density at radius 3 is 1.28 bits per heavy atom. The lowest BCUT2D eigenvalue weighted by molar-refractivity contribution is -0.263. The summed E-state index contributed by atoms with van der Waals surface area (Å²) in [4.78, 5) is 60.8. The van der Waals surface area contributed by atoms with Crippen LogP contribution in [-0.4, -0.2) is 79.7 Å². The van der Waals surface area contributed by atoms with E-state index in [2.05, 4.69) is 79.9 Å². The van der Waals surface area contributed by atoms with Crippen molar-refractivity contribution < 1.29 is 39.1 Å². The van der Waals surface area contributed by atoms with Crippen LogP contribution in [0.3, 0.4) is 0 Å². The number of unbranched alkanes of at least 4 members (excludes halogenated alkanes) is 2. The van der Waals surface area contributed by atoms with E-state index in [1.165, 1.54) is 0 Å². The molecule has 47 heavy (non-hydrogen) atoms. The van der Waals surface area contributed by atoms with E-state index in [0.717, 1.165) is 51.4 Å². The quantitative estimate of drug-likeness (QED) is 0.0999. The van der Waals surface area contributed by atoms with Crippen LogP contribution >= 0.6 is 0 Å². The molecule has 0 aromatic heterocycles. The van der Waals surface area contributed by atoms with Crippen molar-refractivity contribution in [3.05, 3.63) is 0 Å². The lowest BCUT2D eigenvalue weighted by atomic mass is 9.61. The van der Waals surface area contributed by atoms with E-state index < -0.39 is 52.2 Å². The highest BCUT2D eigenvalue weighted by Crippen LogP contribution is 2.52. The van der Waals surface area contributed by atoms with Crippen LogP contribution in [0.5, 0.6) is 0 Å². The molecule has 12 nitrogen and oxygen atoms in total. The first-order valence-electron chi connectivity index (χ1n) is 17.7. The first-order chi connectivity index (χ1) is 21.7. The Labute approximate surface area is 282 Å². The summed E-state index contributed by atoms with van der Waals surface area (Å²) in [5.41, 5.74) is -1.99. The Balaban J connectivity index is 2.37. The summed E-state index contributed by atoms with van der Waals surface area (Å²) in [6.45, 7) is 21.9. The Kier molecular flexibility index (Phi) is 14.4. The van der Waals surface area contributed by atoms with Crippen molar-refractivity contribution >= 4 is 24.1 Å². The van der Waals surface area contributed by atoms with Gasteiger partial charge in [0, 0.05) is 13.1 Å². The summed E-state index contributed by atoms with van der Waals surface area (Å²) in [6.07, 6.45) is 6.89. The van der Waals surface area contributed by atoms with Gasteiger partial charge in [0.25, 0.3) is 0 Å². The van der Waals surface area contributed by atoms with Crippen LogP contribution in [0.25, 0.3) is 0 Å². The van der Waals surface area contributed by atoms with E-state index >= 15 is 0 Å². The maximum atomic E-state index is 12.7. The number of hydroxylamine groups is 4. The van der Waals surface area contributed by atoms with Crippen molar-refractivity contribution in [3.8, 4) is 0 Å². The van der Waals surface area contributed by atoms with Crippen molar-refractivity contribution in [1.82, 2.24) is 20.8 Å². The molecule has 0 aliphatic carbocycles. The summed E-state index contributed by atoms with van der Waals surface area (Å²) >= 11 is 0. The normalized spacial score (nSPS) is 21.4. The highest BCUT2D eigenvalue weighted by molar-refractivity contribution is 5.92. The molecule has 0 bridgehead atoms. The number of hydrogen-bond donors (Lipinski definition) is 4. The highest BCUT2D eigenvalue weighted by Gasteiger charge is 2.54. The lowest BCUT2D eigenvalue weighted by Gasteiger charge is -2.58.